The number of carbonyl (C=O) groups excluding carboxylic acids is 2. The Labute approximate surface area is 178 Å². The largest absolute Gasteiger partial charge is 0.482 e. The van der Waals surface area contributed by atoms with Gasteiger partial charge in [-0.2, -0.15) is 0 Å². The zero-order valence-corrected chi connectivity index (χ0v) is 19.0. The molecule has 1 saturated heterocycles. The molecule has 1 amide bonds. The SMILES string of the molecule is CCCc1cc(OCC(=O)OC)cc(F)c1C1(C)CCN(C(=O)OC(C)(C)C)CC1. The normalized spacial score (nSPS) is 16.2. The van der Waals surface area contributed by atoms with Crippen molar-refractivity contribution in [2.24, 2.45) is 0 Å². The van der Waals surface area contributed by atoms with Gasteiger partial charge in [0, 0.05) is 19.2 Å². The second-order valence-electron chi connectivity index (χ2n) is 9.08. The van der Waals surface area contributed by atoms with Crippen LogP contribution < -0.4 is 4.74 Å². The Morgan fingerprint density at radius 1 is 1.20 bits per heavy atom. The van der Waals surface area contributed by atoms with E-state index in [4.69, 9.17) is 9.47 Å². The second kappa shape index (κ2) is 9.67. The molecule has 1 fully saturated rings. The standard InChI is InChI=1S/C23H34FNO5/c1-7-8-16-13-17(29-15-19(26)28-6)14-18(24)20(16)23(5)9-11-25(12-10-23)21(27)30-22(2,3)4/h13-14H,7-12,15H2,1-6H3. The number of aryl methyl sites for hydroxylation is 1. The van der Waals surface area contributed by atoms with E-state index in [2.05, 4.69) is 4.74 Å². The Morgan fingerprint density at radius 3 is 2.37 bits per heavy atom. The molecule has 0 spiro atoms. The maximum Gasteiger partial charge on any atom is 0.410 e. The molecule has 0 aliphatic carbocycles. The number of methoxy groups -OCH3 is 1. The Morgan fingerprint density at radius 2 is 1.83 bits per heavy atom. The third-order valence-corrected chi connectivity index (χ3v) is 5.37. The summed E-state index contributed by atoms with van der Waals surface area (Å²) in [5.41, 5.74) is 0.621. The molecule has 1 heterocycles. The van der Waals surface area contributed by atoms with Gasteiger partial charge >= 0.3 is 12.1 Å². The molecule has 1 aromatic rings. The molecule has 2 rings (SSSR count). The minimum Gasteiger partial charge on any atom is -0.482 e. The summed E-state index contributed by atoms with van der Waals surface area (Å²) in [5.74, 6) is -0.535. The number of hydrogen-bond donors (Lipinski definition) is 0. The van der Waals surface area contributed by atoms with Crippen LogP contribution in [0.5, 0.6) is 5.75 Å². The number of nitrogens with zero attached hydrogens (tertiary/aromatic N) is 1. The van der Waals surface area contributed by atoms with Crippen molar-refractivity contribution in [3.8, 4) is 5.75 Å². The minimum atomic E-state index is -0.543. The van der Waals surface area contributed by atoms with Crippen molar-refractivity contribution in [3.63, 3.8) is 0 Å². The Bertz CT molecular complexity index is 764. The van der Waals surface area contributed by atoms with E-state index < -0.39 is 17.0 Å². The number of likely N-dealkylation sites (tertiary alicyclic amines) is 1. The highest BCUT2D eigenvalue weighted by atomic mass is 19.1. The molecule has 0 radical (unpaired) electrons. The molecule has 0 atom stereocenters. The molecular formula is C23H34FNO5. The van der Waals surface area contributed by atoms with E-state index in [1.807, 2.05) is 40.7 Å². The van der Waals surface area contributed by atoms with E-state index in [0.29, 0.717) is 43.7 Å². The molecule has 6 nitrogen and oxygen atoms in total. The molecule has 0 unspecified atom stereocenters. The van der Waals surface area contributed by atoms with Crippen LogP contribution in [0.3, 0.4) is 0 Å². The van der Waals surface area contributed by atoms with Crippen molar-refractivity contribution in [2.75, 3.05) is 26.8 Å². The maximum atomic E-state index is 15.2. The lowest BCUT2D eigenvalue weighted by atomic mass is 9.72. The third-order valence-electron chi connectivity index (χ3n) is 5.37. The van der Waals surface area contributed by atoms with Crippen LogP contribution >= 0.6 is 0 Å². The van der Waals surface area contributed by atoms with Crippen LogP contribution in [0.1, 0.15) is 65.0 Å². The fourth-order valence-electron chi connectivity index (χ4n) is 3.82. The number of esters is 1. The highest BCUT2D eigenvalue weighted by Gasteiger charge is 2.38. The van der Waals surface area contributed by atoms with Crippen LogP contribution in [0, 0.1) is 5.82 Å². The fraction of sp³-hybridized carbons (Fsp3) is 0.652. The van der Waals surface area contributed by atoms with E-state index in [-0.39, 0.29) is 18.5 Å². The number of ether oxygens (including phenoxy) is 3. The molecule has 168 valence electrons. The maximum absolute atomic E-state index is 15.2. The van der Waals surface area contributed by atoms with Gasteiger partial charge in [-0.1, -0.05) is 20.3 Å². The lowest BCUT2D eigenvalue weighted by Crippen LogP contribution is -2.46. The molecule has 0 bridgehead atoms. The number of carbonyl (C=O) groups is 2. The summed E-state index contributed by atoms with van der Waals surface area (Å²) in [7, 11) is 1.28. The van der Waals surface area contributed by atoms with Gasteiger partial charge in [0.1, 0.15) is 17.2 Å². The van der Waals surface area contributed by atoms with Crippen LogP contribution in [0.25, 0.3) is 0 Å². The number of piperidine rings is 1. The van der Waals surface area contributed by atoms with Gasteiger partial charge in [0.25, 0.3) is 0 Å². The molecule has 0 saturated carbocycles. The first kappa shape index (κ1) is 24.0. The molecule has 7 heteroatoms. The van der Waals surface area contributed by atoms with Crippen LogP contribution in [-0.2, 0) is 26.1 Å². The predicted octanol–water partition coefficient (Wildman–Crippen LogP) is 4.62. The average Bonchev–Trinajstić information content (AvgIpc) is 2.65. The van der Waals surface area contributed by atoms with E-state index in [0.717, 1.165) is 12.0 Å². The van der Waals surface area contributed by atoms with Crippen LogP contribution in [0.2, 0.25) is 0 Å². The van der Waals surface area contributed by atoms with Gasteiger partial charge < -0.3 is 19.1 Å². The first-order valence-electron chi connectivity index (χ1n) is 10.5. The molecule has 1 aliphatic heterocycles. The van der Waals surface area contributed by atoms with Crippen LogP contribution in [-0.4, -0.2) is 49.4 Å². The Balaban J connectivity index is 2.21. The van der Waals surface area contributed by atoms with Crippen molar-refractivity contribution in [2.45, 2.75) is 71.3 Å². The monoisotopic (exact) mass is 423 g/mol. The molecule has 1 aliphatic rings. The Kier molecular flexibility index (Phi) is 7.72. The van der Waals surface area contributed by atoms with E-state index in [1.54, 1.807) is 4.90 Å². The summed E-state index contributed by atoms with van der Waals surface area (Å²) < 4.78 is 30.7. The molecule has 0 N–H and O–H groups in total. The zero-order valence-electron chi connectivity index (χ0n) is 19.0. The zero-order chi connectivity index (χ0) is 22.5. The highest BCUT2D eigenvalue weighted by molar-refractivity contribution is 5.71. The summed E-state index contributed by atoms with van der Waals surface area (Å²) in [6.45, 7) is 10.4. The minimum absolute atomic E-state index is 0.261. The van der Waals surface area contributed by atoms with Gasteiger partial charge in [0.15, 0.2) is 6.61 Å². The quantitative estimate of drug-likeness (QED) is 0.625. The highest BCUT2D eigenvalue weighted by Crippen LogP contribution is 2.40. The third kappa shape index (κ3) is 6.09. The van der Waals surface area contributed by atoms with Gasteiger partial charge in [0.2, 0.25) is 0 Å². The van der Waals surface area contributed by atoms with Gasteiger partial charge in [-0.15, -0.1) is 0 Å². The average molecular weight is 424 g/mol. The lowest BCUT2D eigenvalue weighted by Gasteiger charge is -2.41. The van der Waals surface area contributed by atoms with Gasteiger partial charge in [0.05, 0.1) is 7.11 Å². The van der Waals surface area contributed by atoms with E-state index >= 15 is 4.39 Å². The van der Waals surface area contributed by atoms with Crippen molar-refractivity contribution >= 4 is 12.1 Å². The number of halogens is 1. The fourth-order valence-corrected chi connectivity index (χ4v) is 3.82. The second-order valence-corrected chi connectivity index (χ2v) is 9.08. The lowest BCUT2D eigenvalue weighted by molar-refractivity contribution is -0.142. The molecule has 0 aromatic heterocycles. The molecular weight excluding hydrogens is 389 g/mol. The topological polar surface area (TPSA) is 65.1 Å². The van der Waals surface area contributed by atoms with Crippen LogP contribution in [0.15, 0.2) is 12.1 Å². The van der Waals surface area contributed by atoms with Gasteiger partial charge in [-0.3, -0.25) is 0 Å². The van der Waals surface area contributed by atoms with Gasteiger partial charge in [-0.25, -0.2) is 14.0 Å². The summed E-state index contributed by atoms with van der Waals surface area (Å²) in [4.78, 5) is 25.4. The Hall–Kier alpha value is -2.31. The summed E-state index contributed by atoms with van der Waals surface area (Å²) in [6.07, 6.45) is 2.51. The first-order valence-corrected chi connectivity index (χ1v) is 10.5. The number of rotatable bonds is 6. The van der Waals surface area contributed by atoms with Crippen molar-refractivity contribution < 1.29 is 28.2 Å². The van der Waals surface area contributed by atoms with E-state index in [1.165, 1.54) is 13.2 Å². The predicted molar refractivity (Wildman–Crippen MR) is 112 cm³/mol. The van der Waals surface area contributed by atoms with Crippen LogP contribution in [0.4, 0.5) is 9.18 Å². The summed E-state index contributed by atoms with van der Waals surface area (Å²) in [6, 6.07) is 3.15. The van der Waals surface area contributed by atoms with E-state index in [9.17, 15) is 9.59 Å². The van der Waals surface area contributed by atoms with Crippen molar-refractivity contribution in [1.29, 1.82) is 0 Å². The number of benzene rings is 1. The molecule has 1 aromatic carbocycles. The summed E-state index contributed by atoms with van der Waals surface area (Å²) in [5, 5.41) is 0. The first-order chi connectivity index (χ1) is 14.0. The van der Waals surface area contributed by atoms with Gasteiger partial charge in [-0.05, 0) is 62.6 Å². The number of hydrogen-bond acceptors (Lipinski definition) is 5. The van der Waals surface area contributed by atoms with Crippen molar-refractivity contribution in [1.82, 2.24) is 4.90 Å². The smallest absolute Gasteiger partial charge is 0.410 e. The van der Waals surface area contributed by atoms with Crippen molar-refractivity contribution in [3.05, 3.63) is 29.1 Å². The number of amides is 1. The summed E-state index contributed by atoms with van der Waals surface area (Å²) >= 11 is 0. The molecule has 30 heavy (non-hydrogen) atoms.